The van der Waals surface area contributed by atoms with E-state index in [9.17, 15) is 9.90 Å². The molecule has 2 aliphatic rings. The van der Waals surface area contributed by atoms with Gasteiger partial charge in [0.15, 0.2) is 0 Å². The second-order valence-corrected chi connectivity index (χ2v) is 9.47. The molecule has 2 aromatic carbocycles. The maximum Gasteiger partial charge on any atom is 0.348 e. The van der Waals surface area contributed by atoms with E-state index in [1.165, 1.54) is 0 Å². The summed E-state index contributed by atoms with van der Waals surface area (Å²) in [5.74, 6) is 0.320. The molecule has 5 rings (SSSR count). The number of piperidine rings is 1. The fourth-order valence-corrected chi connectivity index (χ4v) is 5.26. The van der Waals surface area contributed by atoms with E-state index in [1.807, 2.05) is 54.6 Å². The number of likely N-dealkylation sites (tertiary alicyclic amines) is 1. The molecule has 0 unspecified atom stereocenters. The van der Waals surface area contributed by atoms with Gasteiger partial charge in [-0.2, -0.15) is 0 Å². The topological polar surface area (TPSA) is 72.3 Å². The summed E-state index contributed by atoms with van der Waals surface area (Å²) in [5.41, 5.74) is 1.25. The lowest BCUT2D eigenvalue weighted by molar-refractivity contribution is -0.915. The molecule has 1 aliphatic heterocycles. The molecule has 0 spiro atoms. The summed E-state index contributed by atoms with van der Waals surface area (Å²) in [6.07, 6.45) is 6.88. The molecule has 0 atom stereocenters. The lowest BCUT2D eigenvalue weighted by Crippen LogP contribution is -2.52. The molecule has 33 heavy (non-hydrogen) atoms. The Balaban J connectivity index is 1.22. The Hall–Kier alpha value is -3.09. The van der Waals surface area contributed by atoms with Crippen LogP contribution in [-0.2, 0) is 21.6 Å². The number of nitrogens with zero attached hydrogens (tertiary/aromatic N) is 3. The molecular weight excluding hydrogens is 414 g/mol. The number of quaternary nitrogens is 1. The lowest BCUT2D eigenvalue weighted by atomic mass is 9.91. The highest BCUT2D eigenvalue weighted by atomic mass is 16.6. The number of hydrogen-bond donors (Lipinski definition) is 1. The van der Waals surface area contributed by atoms with Gasteiger partial charge in [0.25, 0.3) is 0 Å². The van der Waals surface area contributed by atoms with E-state index in [0.717, 1.165) is 66.8 Å². The van der Waals surface area contributed by atoms with Gasteiger partial charge in [-0.25, -0.2) is 14.8 Å². The summed E-state index contributed by atoms with van der Waals surface area (Å²) in [6.45, 7) is 2.93. The van der Waals surface area contributed by atoms with Gasteiger partial charge < -0.3 is 14.3 Å². The molecule has 170 valence electrons. The minimum Gasteiger partial charge on any atom is -0.459 e. The van der Waals surface area contributed by atoms with E-state index >= 15 is 0 Å². The molecule has 1 N–H and O–H groups in total. The molecule has 1 aromatic heterocycles. The highest BCUT2D eigenvalue weighted by Gasteiger charge is 2.50. The van der Waals surface area contributed by atoms with E-state index in [-0.39, 0.29) is 6.10 Å². The number of esters is 1. The Kier molecular flexibility index (Phi) is 5.72. The van der Waals surface area contributed by atoms with Gasteiger partial charge in [-0.1, -0.05) is 48.5 Å². The number of rotatable bonds is 6. The van der Waals surface area contributed by atoms with Crippen molar-refractivity contribution in [2.45, 2.75) is 37.4 Å². The van der Waals surface area contributed by atoms with Gasteiger partial charge in [0.05, 0.1) is 26.7 Å². The molecular formula is C27H30N3O3+. The summed E-state index contributed by atoms with van der Waals surface area (Å²) in [5, 5.41) is 11.6. The van der Waals surface area contributed by atoms with Crippen LogP contribution in [0, 0.1) is 0 Å². The van der Waals surface area contributed by atoms with Gasteiger partial charge in [-0.3, -0.25) is 0 Å². The van der Waals surface area contributed by atoms with Gasteiger partial charge in [0.2, 0.25) is 5.60 Å². The van der Waals surface area contributed by atoms with E-state index in [2.05, 4.69) is 17.0 Å². The van der Waals surface area contributed by atoms with Crippen LogP contribution < -0.4 is 0 Å². The first-order chi connectivity index (χ1) is 16.0. The number of benzene rings is 2. The first-order valence-electron chi connectivity index (χ1n) is 11.7. The molecule has 6 nitrogen and oxygen atoms in total. The predicted molar refractivity (Wildman–Crippen MR) is 125 cm³/mol. The molecule has 1 saturated heterocycles. The fourth-order valence-electron chi connectivity index (χ4n) is 5.26. The number of aliphatic hydroxyl groups is 1. The Morgan fingerprint density at radius 3 is 2.18 bits per heavy atom. The third-order valence-corrected chi connectivity index (χ3v) is 7.19. The zero-order chi connectivity index (χ0) is 22.9. The highest BCUT2D eigenvalue weighted by Crippen LogP contribution is 2.48. The van der Waals surface area contributed by atoms with Crippen LogP contribution in [0.4, 0.5) is 0 Å². The SMILES string of the molecule is C[N+]1(CCCc2ncccn2)CCC(OC(=O)C2(O)c3ccccc3-c3ccccc32)CC1. The minimum absolute atomic E-state index is 0.176. The van der Waals surface area contributed by atoms with E-state index < -0.39 is 11.6 Å². The average Bonchev–Trinajstić information content (AvgIpc) is 3.11. The molecule has 1 fully saturated rings. The minimum atomic E-state index is -1.75. The van der Waals surface area contributed by atoms with Crippen molar-refractivity contribution in [2.75, 3.05) is 26.7 Å². The zero-order valence-electron chi connectivity index (χ0n) is 19.0. The lowest BCUT2D eigenvalue weighted by Gasteiger charge is -2.40. The maximum absolute atomic E-state index is 13.4. The standard InChI is InChI=1S/C27H30N3O3/c1-30(17-6-12-25-28-15-7-16-29-25)18-13-20(14-19-30)33-26(31)27(32)23-10-4-2-8-21(23)22-9-3-5-11-24(22)27/h2-5,7-11,15-16,20,32H,6,12-14,17-19H2,1H3/q+1. The van der Waals surface area contributed by atoms with Gasteiger partial charge in [0.1, 0.15) is 11.9 Å². The van der Waals surface area contributed by atoms with Crippen molar-refractivity contribution < 1.29 is 19.1 Å². The summed E-state index contributed by atoms with van der Waals surface area (Å²) in [7, 11) is 2.26. The van der Waals surface area contributed by atoms with Gasteiger partial charge in [0, 0.05) is 49.2 Å². The Morgan fingerprint density at radius 1 is 1.00 bits per heavy atom. The molecule has 0 bridgehead atoms. The van der Waals surface area contributed by atoms with Crippen LogP contribution in [0.25, 0.3) is 11.1 Å². The Morgan fingerprint density at radius 2 is 1.58 bits per heavy atom. The van der Waals surface area contributed by atoms with Crippen molar-refractivity contribution in [3.8, 4) is 11.1 Å². The summed E-state index contributed by atoms with van der Waals surface area (Å²) >= 11 is 0. The van der Waals surface area contributed by atoms with E-state index in [1.54, 1.807) is 12.4 Å². The molecule has 0 saturated carbocycles. The van der Waals surface area contributed by atoms with Crippen LogP contribution in [0.1, 0.15) is 36.2 Å². The number of aromatic nitrogens is 2. The van der Waals surface area contributed by atoms with Crippen molar-refractivity contribution in [1.29, 1.82) is 0 Å². The molecule has 6 heteroatoms. The normalized spacial score (nSPS) is 22.9. The van der Waals surface area contributed by atoms with E-state index in [0.29, 0.717) is 11.1 Å². The van der Waals surface area contributed by atoms with E-state index in [4.69, 9.17) is 4.74 Å². The van der Waals surface area contributed by atoms with Crippen molar-refractivity contribution in [1.82, 2.24) is 9.97 Å². The largest absolute Gasteiger partial charge is 0.459 e. The molecule has 2 heterocycles. The van der Waals surface area contributed by atoms with Crippen molar-refractivity contribution in [2.24, 2.45) is 0 Å². The Labute approximate surface area is 194 Å². The van der Waals surface area contributed by atoms with Gasteiger partial charge in [-0.15, -0.1) is 0 Å². The average molecular weight is 445 g/mol. The van der Waals surface area contributed by atoms with Crippen molar-refractivity contribution in [3.05, 3.63) is 83.9 Å². The number of ether oxygens (including phenoxy) is 1. The van der Waals surface area contributed by atoms with Crippen LogP contribution in [0.15, 0.2) is 67.0 Å². The maximum atomic E-state index is 13.4. The second-order valence-electron chi connectivity index (χ2n) is 9.47. The molecule has 0 amide bonds. The summed E-state index contributed by atoms with van der Waals surface area (Å²) < 4.78 is 6.90. The molecule has 0 radical (unpaired) electrons. The third kappa shape index (κ3) is 4.05. The third-order valence-electron chi connectivity index (χ3n) is 7.19. The summed E-state index contributed by atoms with van der Waals surface area (Å²) in [6, 6.07) is 16.9. The molecule has 1 aliphatic carbocycles. The Bertz CT molecular complexity index is 1090. The first kappa shape index (κ1) is 21.7. The van der Waals surface area contributed by atoms with Crippen LogP contribution in [-0.4, -0.2) is 58.3 Å². The number of fused-ring (bicyclic) bond motifs is 3. The second kappa shape index (κ2) is 8.69. The van der Waals surface area contributed by atoms with Crippen molar-refractivity contribution in [3.63, 3.8) is 0 Å². The monoisotopic (exact) mass is 444 g/mol. The smallest absolute Gasteiger partial charge is 0.348 e. The summed E-state index contributed by atoms with van der Waals surface area (Å²) in [4.78, 5) is 22.0. The van der Waals surface area contributed by atoms with Crippen LogP contribution in [0.2, 0.25) is 0 Å². The number of hydrogen-bond acceptors (Lipinski definition) is 5. The highest BCUT2D eigenvalue weighted by molar-refractivity contribution is 5.96. The van der Waals surface area contributed by atoms with Gasteiger partial charge >= 0.3 is 5.97 Å². The molecule has 3 aromatic rings. The van der Waals surface area contributed by atoms with Gasteiger partial charge in [-0.05, 0) is 17.2 Å². The first-order valence-corrected chi connectivity index (χ1v) is 11.7. The van der Waals surface area contributed by atoms with Crippen LogP contribution >= 0.6 is 0 Å². The number of aryl methyl sites for hydroxylation is 1. The fraction of sp³-hybridized carbons (Fsp3) is 0.370. The van der Waals surface area contributed by atoms with Crippen LogP contribution in [0.3, 0.4) is 0 Å². The van der Waals surface area contributed by atoms with Crippen molar-refractivity contribution >= 4 is 5.97 Å². The zero-order valence-corrected chi connectivity index (χ0v) is 19.0. The number of carbonyl (C=O) groups excluding carboxylic acids is 1. The van der Waals surface area contributed by atoms with Crippen LogP contribution in [0.5, 0.6) is 0 Å². The quantitative estimate of drug-likeness (QED) is 0.466. The predicted octanol–water partition coefficient (Wildman–Crippen LogP) is 3.48. The number of carbonyl (C=O) groups is 1.